The van der Waals surface area contributed by atoms with E-state index in [4.69, 9.17) is 5.73 Å². The monoisotopic (exact) mass is 246 g/mol. The van der Waals surface area contributed by atoms with Crippen LogP contribution in [-0.2, 0) is 0 Å². The van der Waals surface area contributed by atoms with E-state index >= 15 is 0 Å². The standard InChI is InChI=1S/C16H26N2/c1-4-14-10-9-13(3)18(14)16(11-17)15-8-6-5-7-12(15)2/h5-8,13-14,16H,4,9-11,17H2,1-3H3. The summed E-state index contributed by atoms with van der Waals surface area (Å²) >= 11 is 0. The van der Waals surface area contributed by atoms with Gasteiger partial charge in [0.25, 0.3) is 0 Å². The smallest absolute Gasteiger partial charge is 0.0478 e. The zero-order valence-corrected chi connectivity index (χ0v) is 11.9. The summed E-state index contributed by atoms with van der Waals surface area (Å²) < 4.78 is 0. The molecule has 18 heavy (non-hydrogen) atoms. The van der Waals surface area contributed by atoms with Crippen molar-refractivity contribution in [3.63, 3.8) is 0 Å². The summed E-state index contributed by atoms with van der Waals surface area (Å²) in [5.74, 6) is 0. The summed E-state index contributed by atoms with van der Waals surface area (Å²) in [5.41, 5.74) is 8.86. The van der Waals surface area contributed by atoms with Crippen molar-refractivity contribution in [2.75, 3.05) is 6.54 Å². The van der Waals surface area contributed by atoms with E-state index in [0.29, 0.717) is 24.7 Å². The predicted octanol–water partition coefficient (Wildman–Crippen LogP) is 3.26. The van der Waals surface area contributed by atoms with Gasteiger partial charge in [0.2, 0.25) is 0 Å². The third kappa shape index (κ3) is 2.45. The van der Waals surface area contributed by atoms with Gasteiger partial charge < -0.3 is 5.73 Å². The molecular formula is C16H26N2. The van der Waals surface area contributed by atoms with Crippen LogP contribution in [0.4, 0.5) is 0 Å². The summed E-state index contributed by atoms with van der Waals surface area (Å²) in [4.78, 5) is 2.66. The lowest BCUT2D eigenvalue weighted by molar-refractivity contribution is 0.136. The van der Waals surface area contributed by atoms with Crippen LogP contribution in [0.1, 0.15) is 50.3 Å². The van der Waals surface area contributed by atoms with Gasteiger partial charge >= 0.3 is 0 Å². The molecule has 0 spiro atoms. The first-order chi connectivity index (χ1) is 8.69. The van der Waals surface area contributed by atoms with E-state index in [9.17, 15) is 0 Å². The highest BCUT2D eigenvalue weighted by molar-refractivity contribution is 5.29. The number of benzene rings is 1. The zero-order valence-electron chi connectivity index (χ0n) is 11.9. The predicted molar refractivity (Wildman–Crippen MR) is 77.6 cm³/mol. The van der Waals surface area contributed by atoms with Crippen LogP contribution in [0.3, 0.4) is 0 Å². The molecule has 1 fully saturated rings. The fraction of sp³-hybridized carbons (Fsp3) is 0.625. The number of nitrogens with zero attached hydrogens (tertiary/aromatic N) is 1. The number of aryl methyl sites for hydroxylation is 1. The Morgan fingerprint density at radius 3 is 2.67 bits per heavy atom. The molecule has 0 amide bonds. The second kappa shape index (κ2) is 5.85. The highest BCUT2D eigenvalue weighted by Gasteiger charge is 2.35. The molecule has 1 saturated heterocycles. The minimum absolute atomic E-state index is 0.383. The van der Waals surface area contributed by atoms with E-state index in [1.165, 1.54) is 30.4 Å². The Hall–Kier alpha value is -0.860. The SMILES string of the molecule is CCC1CCC(C)N1C(CN)c1ccccc1C. The molecule has 3 unspecified atom stereocenters. The molecule has 1 aromatic rings. The first kappa shape index (κ1) is 13.6. The van der Waals surface area contributed by atoms with Gasteiger partial charge in [0.15, 0.2) is 0 Å². The Kier molecular flexibility index (Phi) is 4.41. The quantitative estimate of drug-likeness (QED) is 0.883. The lowest BCUT2D eigenvalue weighted by Crippen LogP contribution is -2.41. The maximum Gasteiger partial charge on any atom is 0.0478 e. The maximum absolute atomic E-state index is 6.09. The van der Waals surface area contributed by atoms with Crippen LogP contribution in [0.5, 0.6) is 0 Å². The highest BCUT2D eigenvalue weighted by Crippen LogP contribution is 2.35. The van der Waals surface area contributed by atoms with Gasteiger partial charge in [-0.15, -0.1) is 0 Å². The van der Waals surface area contributed by atoms with Crippen LogP contribution in [0.25, 0.3) is 0 Å². The number of hydrogen-bond donors (Lipinski definition) is 1. The Morgan fingerprint density at radius 1 is 1.33 bits per heavy atom. The van der Waals surface area contributed by atoms with Crippen molar-refractivity contribution in [2.45, 2.75) is 58.2 Å². The number of nitrogens with two attached hydrogens (primary N) is 1. The molecule has 1 aliphatic rings. The van der Waals surface area contributed by atoms with Crippen molar-refractivity contribution in [1.29, 1.82) is 0 Å². The third-order valence-electron chi connectivity index (χ3n) is 4.45. The average Bonchev–Trinajstić information content (AvgIpc) is 2.74. The zero-order chi connectivity index (χ0) is 13.1. The van der Waals surface area contributed by atoms with Gasteiger partial charge in [0, 0.05) is 24.7 Å². The van der Waals surface area contributed by atoms with Crippen molar-refractivity contribution in [2.24, 2.45) is 5.73 Å². The van der Waals surface area contributed by atoms with Crippen molar-refractivity contribution in [3.8, 4) is 0 Å². The van der Waals surface area contributed by atoms with Gasteiger partial charge in [-0.1, -0.05) is 31.2 Å². The number of rotatable bonds is 4. The molecule has 2 nitrogen and oxygen atoms in total. The van der Waals surface area contributed by atoms with Crippen LogP contribution in [-0.4, -0.2) is 23.5 Å². The van der Waals surface area contributed by atoms with E-state index in [-0.39, 0.29) is 0 Å². The van der Waals surface area contributed by atoms with E-state index in [1.807, 2.05) is 0 Å². The molecule has 2 heteroatoms. The van der Waals surface area contributed by atoms with Crippen LogP contribution in [0.15, 0.2) is 24.3 Å². The highest BCUT2D eigenvalue weighted by atomic mass is 15.2. The summed E-state index contributed by atoms with van der Waals surface area (Å²) in [6.07, 6.45) is 3.85. The molecule has 0 bridgehead atoms. The lowest BCUT2D eigenvalue weighted by Gasteiger charge is -2.36. The Bertz CT molecular complexity index is 388. The number of hydrogen-bond acceptors (Lipinski definition) is 2. The summed E-state index contributed by atoms with van der Waals surface area (Å²) in [7, 11) is 0. The molecule has 0 saturated carbocycles. The molecule has 0 aromatic heterocycles. The molecule has 0 aliphatic carbocycles. The molecule has 0 radical (unpaired) electrons. The average molecular weight is 246 g/mol. The van der Waals surface area contributed by atoms with Crippen LogP contribution < -0.4 is 5.73 Å². The molecule has 100 valence electrons. The van der Waals surface area contributed by atoms with E-state index in [0.717, 1.165) is 0 Å². The summed E-state index contributed by atoms with van der Waals surface area (Å²) in [6.45, 7) is 7.54. The van der Waals surface area contributed by atoms with Crippen molar-refractivity contribution in [1.82, 2.24) is 4.90 Å². The lowest BCUT2D eigenvalue weighted by atomic mass is 9.98. The van der Waals surface area contributed by atoms with E-state index in [2.05, 4.69) is 49.9 Å². The second-order valence-corrected chi connectivity index (χ2v) is 5.54. The third-order valence-corrected chi connectivity index (χ3v) is 4.45. The Labute approximate surface area is 111 Å². The first-order valence-corrected chi connectivity index (χ1v) is 7.22. The summed E-state index contributed by atoms with van der Waals surface area (Å²) in [6, 6.07) is 10.4. The van der Waals surface area contributed by atoms with Crippen molar-refractivity contribution >= 4 is 0 Å². The molecule has 1 aromatic carbocycles. The van der Waals surface area contributed by atoms with E-state index < -0.39 is 0 Å². The summed E-state index contributed by atoms with van der Waals surface area (Å²) in [5, 5.41) is 0. The normalized spacial score (nSPS) is 26.4. The van der Waals surface area contributed by atoms with Crippen LogP contribution in [0.2, 0.25) is 0 Å². The van der Waals surface area contributed by atoms with Gasteiger partial charge in [-0.25, -0.2) is 0 Å². The Balaban J connectivity index is 2.30. The second-order valence-electron chi connectivity index (χ2n) is 5.54. The van der Waals surface area contributed by atoms with Crippen molar-refractivity contribution < 1.29 is 0 Å². The Morgan fingerprint density at radius 2 is 2.06 bits per heavy atom. The van der Waals surface area contributed by atoms with Gasteiger partial charge in [0.1, 0.15) is 0 Å². The van der Waals surface area contributed by atoms with Gasteiger partial charge in [0.05, 0.1) is 0 Å². The van der Waals surface area contributed by atoms with Crippen molar-refractivity contribution in [3.05, 3.63) is 35.4 Å². The molecule has 2 N–H and O–H groups in total. The topological polar surface area (TPSA) is 29.3 Å². The largest absolute Gasteiger partial charge is 0.329 e. The first-order valence-electron chi connectivity index (χ1n) is 7.22. The molecule has 3 atom stereocenters. The number of likely N-dealkylation sites (tertiary alicyclic amines) is 1. The fourth-order valence-electron chi connectivity index (χ4n) is 3.44. The molecular weight excluding hydrogens is 220 g/mol. The fourth-order valence-corrected chi connectivity index (χ4v) is 3.44. The maximum atomic E-state index is 6.09. The molecule has 2 rings (SSSR count). The minimum atomic E-state index is 0.383. The minimum Gasteiger partial charge on any atom is -0.329 e. The molecule has 1 heterocycles. The van der Waals surface area contributed by atoms with E-state index in [1.54, 1.807) is 0 Å². The molecule has 1 aliphatic heterocycles. The van der Waals surface area contributed by atoms with Crippen LogP contribution in [0, 0.1) is 6.92 Å². The van der Waals surface area contributed by atoms with Gasteiger partial charge in [-0.3, -0.25) is 4.90 Å². The van der Waals surface area contributed by atoms with Crippen LogP contribution >= 0.6 is 0 Å². The van der Waals surface area contributed by atoms with Gasteiger partial charge in [-0.2, -0.15) is 0 Å². The van der Waals surface area contributed by atoms with Gasteiger partial charge in [-0.05, 0) is 44.2 Å².